The van der Waals surface area contributed by atoms with Crippen LogP contribution < -0.4 is 5.73 Å². The van der Waals surface area contributed by atoms with Crippen LogP contribution in [0.2, 0.25) is 0 Å². The highest BCUT2D eigenvalue weighted by molar-refractivity contribution is 5.01. The lowest BCUT2D eigenvalue weighted by Gasteiger charge is -2.23. The molecule has 4 nitrogen and oxygen atoms in total. The van der Waals surface area contributed by atoms with Crippen molar-refractivity contribution in [2.75, 3.05) is 0 Å². The molecule has 19 heavy (non-hydrogen) atoms. The summed E-state index contributed by atoms with van der Waals surface area (Å²) >= 11 is 0. The van der Waals surface area contributed by atoms with Gasteiger partial charge in [-0.1, -0.05) is 37.3 Å². The largest absolute Gasteiger partial charge is 0.339 e. The summed E-state index contributed by atoms with van der Waals surface area (Å²) in [6.07, 6.45) is 12.3. The minimum absolute atomic E-state index is 0.312. The first kappa shape index (κ1) is 13.1. The highest BCUT2D eigenvalue weighted by atomic mass is 16.5. The van der Waals surface area contributed by atoms with Gasteiger partial charge in [0.05, 0.1) is 0 Å². The molecule has 0 bridgehead atoms. The summed E-state index contributed by atoms with van der Waals surface area (Å²) < 4.78 is 5.53. The molecule has 4 heteroatoms. The maximum Gasteiger partial charge on any atom is 0.229 e. The van der Waals surface area contributed by atoms with E-state index in [-0.39, 0.29) is 0 Å². The van der Waals surface area contributed by atoms with Gasteiger partial charge >= 0.3 is 0 Å². The van der Waals surface area contributed by atoms with E-state index in [1.807, 2.05) is 0 Å². The van der Waals surface area contributed by atoms with Crippen LogP contribution >= 0.6 is 0 Å². The van der Waals surface area contributed by atoms with Crippen LogP contribution in [0.15, 0.2) is 4.52 Å². The molecule has 2 aliphatic rings. The fourth-order valence-electron chi connectivity index (χ4n) is 3.57. The van der Waals surface area contributed by atoms with Gasteiger partial charge in [0, 0.05) is 17.9 Å². The van der Waals surface area contributed by atoms with E-state index in [2.05, 4.69) is 5.16 Å². The van der Waals surface area contributed by atoms with Crippen LogP contribution in [0.1, 0.15) is 87.8 Å². The summed E-state index contributed by atoms with van der Waals surface area (Å²) in [7, 11) is 0. The van der Waals surface area contributed by atoms with Crippen molar-refractivity contribution in [2.24, 2.45) is 5.73 Å². The van der Waals surface area contributed by atoms with Crippen LogP contribution in [0.5, 0.6) is 0 Å². The predicted molar refractivity (Wildman–Crippen MR) is 73.9 cm³/mol. The monoisotopic (exact) mass is 263 g/mol. The van der Waals surface area contributed by atoms with Crippen molar-refractivity contribution in [3.63, 3.8) is 0 Å². The van der Waals surface area contributed by atoms with Gasteiger partial charge in [0.1, 0.15) is 0 Å². The number of nitrogens with two attached hydrogens (primary N) is 1. The smallest absolute Gasteiger partial charge is 0.229 e. The minimum Gasteiger partial charge on any atom is -0.339 e. The summed E-state index contributed by atoms with van der Waals surface area (Å²) in [4.78, 5) is 4.70. The number of hydrogen-bond acceptors (Lipinski definition) is 4. The zero-order valence-electron chi connectivity index (χ0n) is 11.7. The Balaban J connectivity index is 1.68. The highest BCUT2D eigenvalue weighted by Crippen LogP contribution is 2.34. The lowest BCUT2D eigenvalue weighted by Crippen LogP contribution is -2.27. The fraction of sp³-hybridized carbons (Fsp3) is 0.867. The Labute approximate surface area is 115 Å². The van der Waals surface area contributed by atoms with E-state index < -0.39 is 0 Å². The molecule has 2 saturated carbocycles. The van der Waals surface area contributed by atoms with Crippen LogP contribution in [-0.4, -0.2) is 16.2 Å². The van der Waals surface area contributed by atoms with Crippen molar-refractivity contribution in [2.45, 2.75) is 82.1 Å². The van der Waals surface area contributed by atoms with E-state index in [1.54, 1.807) is 0 Å². The molecule has 2 fully saturated rings. The molecule has 0 unspecified atom stereocenters. The molecule has 0 aliphatic heterocycles. The van der Waals surface area contributed by atoms with Gasteiger partial charge in [-0.05, 0) is 32.1 Å². The standard InChI is InChI=1S/C15H25N3O/c16-13-9-5-8-12(10-13)15-17-14(18-19-15)11-6-3-1-2-4-7-11/h11-13H,1-10,16H2/t12-,13+/m0/s1. The molecular formula is C15H25N3O. The van der Waals surface area contributed by atoms with Gasteiger partial charge in [-0.25, -0.2) is 0 Å². The summed E-state index contributed by atoms with van der Waals surface area (Å²) in [6.45, 7) is 0. The van der Waals surface area contributed by atoms with Crippen LogP contribution in [0.25, 0.3) is 0 Å². The Bertz CT molecular complexity index is 379. The van der Waals surface area contributed by atoms with E-state index in [4.69, 9.17) is 15.2 Å². The molecule has 2 aliphatic carbocycles. The summed E-state index contributed by atoms with van der Waals surface area (Å²) in [5, 5.41) is 4.25. The maximum atomic E-state index is 6.04. The quantitative estimate of drug-likeness (QED) is 0.829. The lowest BCUT2D eigenvalue weighted by atomic mass is 9.86. The Morgan fingerprint density at radius 3 is 2.37 bits per heavy atom. The molecule has 2 atom stereocenters. The number of rotatable bonds is 2. The second-order valence-electron chi connectivity index (χ2n) is 6.30. The van der Waals surface area contributed by atoms with Gasteiger partial charge in [0.2, 0.25) is 5.89 Å². The molecule has 0 saturated heterocycles. The van der Waals surface area contributed by atoms with Gasteiger partial charge in [-0.3, -0.25) is 0 Å². The molecule has 0 spiro atoms. The zero-order chi connectivity index (χ0) is 13.1. The Hall–Kier alpha value is -0.900. The topological polar surface area (TPSA) is 64.9 Å². The summed E-state index contributed by atoms with van der Waals surface area (Å²) in [5.74, 6) is 2.72. The van der Waals surface area contributed by atoms with Crippen molar-refractivity contribution in [1.29, 1.82) is 0 Å². The van der Waals surface area contributed by atoms with Crippen molar-refractivity contribution in [3.05, 3.63) is 11.7 Å². The molecule has 2 N–H and O–H groups in total. The number of aromatic nitrogens is 2. The molecule has 3 rings (SSSR count). The van der Waals surface area contributed by atoms with E-state index in [0.717, 1.165) is 31.0 Å². The van der Waals surface area contributed by atoms with Gasteiger partial charge < -0.3 is 10.3 Å². The van der Waals surface area contributed by atoms with E-state index in [9.17, 15) is 0 Å². The average molecular weight is 263 g/mol. The van der Waals surface area contributed by atoms with E-state index >= 15 is 0 Å². The highest BCUT2D eigenvalue weighted by Gasteiger charge is 2.27. The molecule has 106 valence electrons. The van der Waals surface area contributed by atoms with Crippen molar-refractivity contribution >= 4 is 0 Å². The van der Waals surface area contributed by atoms with Crippen LogP contribution in [0, 0.1) is 0 Å². The molecule has 1 heterocycles. The first-order valence-electron chi connectivity index (χ1n) is 7.92. The van der Waals surface area contributed by atoms with Gasteiger partial charge in [0.15, 0.2) is 5.82 Å². The van der Waals surface area contributed by atoms with Crippen LogP contribution in [-0.2, 0) is 0 Å². The first-order chi connectivity index (χ1) is 9.33. The van der Waals surface area contributed by atoms with E-state index in [0.29, 0.717) is 17.9 Å². The normalized spacial score (nSPS) is 30.2. The Morgan fingerprint density at radius 1 is 0.895 bits per heavy atom. The number of hydrogen-bond donors (Lipinski definition) is 1. The SMILES string of the molecule is N[C@@H]1CCC[C@H](c2nc(C3CCCCCC3)no2)C1. The Kier molecular flexibility index (Phi) is 4.16. The molecule has 1 aromatic rings. The van der Waals surface area contributed by atoms with Gasteiger partial charge in [-0.15, -0.1) is 0 Å². The predicted octanol–water partition coefficient (Wildman–Crippen LogP) is 3.49. The molecule has 1 aromatic heterocycles. The molecular weight excluding hydrogens is 238 g/mol. The minimum atomic E-state index is 0.312. The average Bonchev–Trinajstić information content (AvgIpc) is 2.75. The maximum absolute atomic E-state index is 6.04. The third-order valence-corrected chi connectivity index (χ3v) is 4.74. The van der Waals surface area contributed by atoms with Crippen molar-refractivity contribution in [1.82, 2.24) is 10.1 Å². The third kappa shape index (κ3) is 3.16. The van der Waals surface area contributed by atoms with Crippen molar-refractivity contribution in [3.8, 4) is 0 Å². The second kappa shape index (κ2) is 6.04. The first-order valence-corrected chi connectivity index (χ1v) is 7.92. The van der Waals surface area contributed by atoms with Crippen molar-refractivity contribution < 1.29 is 4.52 Å². The third-order valence-electron chi connectivity index (χ3n) is 4.74. The van der Waals surface area contributed by atoms with Gasteiger partial charge in [-0.2, -0.15) is 4.98 Å². The number of nitrogens with zero attached hydrogens (tertiary/aromatic N) is 2. The van der Waals surface area contributed by atoms with Gasteiger partial charge in [0.25, 0.3) is 0 Å². The Morgan fingerprint density at radius 2 is 1.63 bits per heavy atom. The second-order valence-corrected chi connectivity index (χ2v) is 6.30. The zero-order valence-corrected chi connectivity index (χ0v) is 11.7. The van der Waals surface area contributed by atoms with Crippen LogP contribution in [0.3, 0.4) is 0 Å². The van der Waals surface area contributed by atoms with Crippen LogP contribution in [0.4, 0.5) is 0 Å². The molecule has 0 radical (unpaired) electrons. The lowest BCUT2D eigenvalue weighted by molar-refractivity contribution is 0.296. The molecule has 0 aromatic carbocycles. The molecule has 0 amide bonds. The summed E-state index contributed by atoms with van der Waals surface area (Å²) in [5.41, 5.74) is 6.04. The van der Waals surface area contributed by atoms with E-state index in [1.165, 1.54) is 44.9 Å². The summed E-state index contributed by atoms with van der Waals surface area (Å²) in [6, 6.07) is 0.312. The fourth-order valence-corrected chi connectivity index (χ4v) is 3.57.